The van der Waals surface area contributed by atoms with Crippen LogP contribution in [0.5, 0.6) is 0 Å². The van der Waals surface area contributed by atoms with Gasteiger partial charge in [-0.25, -0.2) is 4.98 Å². The van der Waals surface area contributed by atoms with Crippen LogP contribution in [0.15, 0.2) is 18.2 Å². The topological polar surface area (TPSA) is 41.7 Å². The number of hydrogen-bond acceptors (Lipinski definition) is 2. The maximum Gasteiger partial charge on any atom is 0.417 e. The molecule has 1 aromatic carbocycles. The Kier molecular flexibility index (Phi) is 2.78. The normalized spacial score (nSPS) is 31.3. The molecule has 0 spiro atoms. The first-order valence-electron chi connectivity index (χ1n) is 8.58. The number of fused-ring (bicyclic) bond motifs is 1. The molecular weight excluding hydrogens is 315 g/mol. The zero-order chi connectivity index (χ0) is 16.6. The van der Waals surface area contributed by atoms with Crippen molar-refractivity contribution in [1.82, 2.24) is 9.55 Å². The van der Waals surface area contributed by atoms with Crippen molar-refractivity contribution in [2.45, 2.75) is 50.2 Å². The predicted octanol–water partition coefficient (Wildman–Crippen LogP) is 4.38. The molecule has 6 heteroatoms. The van der Waals surface area contributed by atoms with Crippen molar-refractivity contribution >= 4 is 10.9 Å². The van der Waals surface area contributed by atoms with E-state index < -0.39 is 11.7 Å². The van der Waals surface area contributed by atoms with Crippen LogP contribution >= 0.6 is 0 Å². The summed E-state index contributed by atoms with van der Waals surface area (Å²) in [7, 11) is 0. The first-order valence-corrected chi connectivity index (χ1v) is 8.58. The van der Waals surface area contributed by atoms with Gasteiger partial charge in [-0.3, -0.25) is 5.41 Å². The number of halogens is 3. The van der Waals surface area contributed by atoms with E-state index in [9.17, 15) is 13.2 Å². The Bertz CT molecular complexity index is 885. The molecule has 126 valence electrons. The third-order valence-corrected chi connectivity index (χ3v) is 6.15. The zero-order valence-corrected chi connectivity index (χ0v) is 13.1. The van der Waals surface area contributed by atoms with Gasteiger partial charge in [-0.1, -0.05) is 6.07 Å². The van der Waals surface area contributed by atoms with E-state index in [2.05, 4.69) is 4.98 Å². The Hall–Kier alpha value is -1.85. The van der Waals surface area contributed by atoms with Gasteiger partial charge < -0.3 is 4.57 Å². The third kappa shape index (κ3) is 1.91. The van der Waals surface area contributed by atoms with Crippen LogP contribution in [0.4, 0.5) is 13.2 Å². The lowest BCUT2D eigenvalue weighted by Crippen LogP contribution is -2.31. The van der Waals surface area contributed by atoms with Gasteiger partial charge in [0.15, 0.2) is 0 Å². The van der Waals surface area contributed by atoms with Gasteiger partial charge in [0.1, 0.15) is 11.3 Å². The molecule has 24 heavy (non-hydrogen) atoms. The minimum atomic E-state index is -4.46. The highest BCUT2D eigenvalue weighted by Gasteiger charge is 2.43. The minimum Gasteiger partial charge on any atom is -0.311 e. The molecule has 2 atom stereocenters. The summed E-state index contributed by atoms with van der Waals surface area (Å²) >= 11 is 0. The number of alkyl halides is 3. The van der Waals surface area contributed by atoms with E-state index in [1.807, 2.05) is 4.57 Å². The Labute approximate surface area is 137 Å². The Morgan fingerprint density at radius 1 is 1.04 bits per heavy atom. The van der Waals surface area contributed by atoms with E-state index in [0.717, 1.165) is 37.6 Å². The van der Waals surface area contributed by atoms with Crippen molar-refractivity contribution in [3.63, 3.8) is 0 Å². The van der Waals surface area contributed by atoms with Crippen LogP contribution in [0.1, 0.15) is 55.5 Å². The van der Waals surface area contributed by atoms with Crippen LogP contribution in [0.2, 0.25) is 0 Å². The minimum absolute atomic E-state index is 0.00104. The second-order valence-corrected chi connectivity index (χ2v) is 7.65. The fourth-order valence-corrected chi connectivity index (χ4v) is 5.43. The lowest BCUT2D eigenvalue weighted by molar-refractivity contribution is -0.136. The summed E-state index contributed by atoms with van der Waals surface area (Å²) in [6.07, 6.45) is 0.888. The molecule has 0 amide bonds. The van der Waals surface area contributed by atoms with Crippen LogP contribution < -0.4 is 5.49 Å². The third-order valence-electron chi connectivity index (χ3n) is 6.15. The maximum absolute atomic E-state index is 13.4. The van der Waals surface area contributed by atoms with Gasteiger partial charge in [-0.05, 0) is 56.1 Å². The summed E-state index contributed by atoms with van der Waals surface area (Å²) in [6, 6.07) is 4.21. The summed E-state index contributed by atoms with van der Waals surface area (Å²) in [5.74, 6) is 2.42. The molecule has 2 unspecified atom stereocenters. The van der Waals surface area contributed by atoms with Crippen molar-refractivity contribution in [3.8, 4) is 0 Å². The number of aromatic nitrogens is 2. The van der Waals surface area contributed by atoms with Gasteiger partial charge in [0.25, 0.3) is 0 Å². The number of benzene rings is 1. The van der Waals surface area contributed by atoms with Crippen LogP contribution in [0, 0.1) is 17.2 Å². The largest absolute Gasteiger partial charge is 0.417 e. The molecule has 2 aliphatic heterocycles. The molecule has 4 aliphatic rings. The lowest BCUT2D eigenvalue weighted by atomic mass is 9.68. The first-order chi connectivity index (χ1) is 11.4. The molecule has 1 N–H and O–H groups in total. The fraction of sp³-hybridized carbons (Fsp3) is 0.556. The quantitative estimate of drug-likeness (QED) is 0.763. The zero-order valence-electron chi connectivity index (χ0n) is 13.1. The molecule has 2 saturated carbocycles. The van der Waals surface area contributed by atoms with Gasteiger partial charge in [0, 0.05) is 12.0 Å². The second kappa shape index (κ2) is 4.61. The average molecular weight is 333 g/mol. The van der Waals surface area contributed by atoms with Gasteiger partial charge >= 0.3 is 6.18 Å². The van der Waals surface area contributed by atoms with E-state index in [1.165, 1.54) is 12.5 Å². The molecule has 0 radical (unpaired) electrons. The molecule has 1 aromatic heterocycles. The molecule has 2 aliphatic carbocycles. The standard InChI is InChI=1S/C18H18F3N3/c19-18(20,21)13-2-1-3-14-15(13)16(22)24-12-7-9-4-10(8-12)6-11(5-9)17(24)23-14/h1-3,9-12,22H,4-8H2. The van der Waals surface area contributed by atoms with E-state index in [1.54, 1.807) is 6.07 Å². The smallest absolute Gasteiger partial charge is 0.311 e. The summed E-state index contributed by atoms with van der Waals surface area (Å²) in [5, 5.41) is 8.54. The number of hydrogen-bond donors (Lipinski definition) is 1. The molecule has 3 nitrogen and oxygen atoms in total. The molecule has 2 aromatic rings. The van der Waals surface area contributed by atoms with E-state index in [4.69, 9.17) is 5.41 Å². The van der Waals surface area contributed by atoms with Gasteiger partial charge in [0.05, 0.1) is 16.5 Å². The molecule has 0 saturated heterocycles. The van der Waals surface area contributed by atoms with Crippen molar-refractivity contribution in [3.05, 3.63) is 35.1 Å². The van der Waals surface area contributed by atoms with Gasteiger partial charge in [-0.2, -0.15) is 13.2 Å². The summed E-state index contributed by atoms with van der Waals surface area (Å²) in [6.45, 7) is 0. The summed E-state index contributed by atoms with van der Waals surface area (Å²) < 4.78 is 42.1. The second-order valence-electron chi connectivity index (χ2n) is 7.65. The molecule has 4 bridgehead atoms. The fourth-order valence-electron chi connectivity index (χ4n) is 5.43. The highest BCUT2D eigenvalue weighted by Crippen LogP contribution is 2.52. The van der Waals surface area contributed by atoms with Gasteiger partial charge in [0.2, 0.25) is 0 Å². The Morgan fingerprint density at radius 3 is 2.42 bits per heavy atom. The summed E-state index contributed by atoms with van der Waals surface area (Å²) in [5.41, 5.74) is -0.430. The van der Waals surface area contributed by atoms with E-state index >= 15 is 0 Å². The van der Waals surface area contributed by atoms with Crippen LogP contribution in [0.3, 0.4) is 0 Å². The average Bonchev–Trinajstić information content (AvgIpc) is 2.68. The van der Waals surface area contributed by atoms with Crippen molar-refractivity contribution < 1.29 is 13.2 Å². The SMILES string of the molecule is N=c1c2c(C(F)(F)F)cccc2nc2n1C1CC3CC(CC2C3)C1. The van der Waals surface area contributed by atoms with E-state index in [0.29, 0.717) is 23.3 Å². The number of rotatable bonds is 0. The van der Waals surface area contributed by atoms with Crippen molar-refractivity contribution in [2.75, 3.05) is 0 Å². The van der Waals surface area contributed by atoms with E-state index in [-0.39, 0.29) is 16.9 Å². The summed E-state index contributed by atoms with van der Waals surface area (Å²) in [4.78, 5) is 4.65. The highest BCUT2D eigenvalue weighted by molar-refractivity contribution is 5.81. The number of nitrogens with zero attached hydrogens (tertiary/aromatic N) is 2. The lowest BCUT2D eigenvalue weighted by Gasteiger charge is -2.37. The van der Waals surface area contributed by atoms with Crippen LogP contribution in [-0.4, -0.2) is 9.55 Å². The molecular formula is C18H18F3N3. The highest BCUT2D eigenvalue weighted by atomic mass is 19.4. The Morgan fingerprint density at radius 2 is 1.75 bits per heavy atom. The monoisotopic (exact) mass is 333 g/mol. The molecule has 2 fully saturated rings. The van der Waals surface area contributed by atoms with Crippen molar-refractivity contribution in [1.29, 1.82) is 5.41 Å². The van der Waals surface area contributed by atoms with Crippen molar-refractivity contribution in [2.24, 2.45) is 11.8 Å². The van der Waals surface area contributed by atoms with Crippen LogP contribution in [0.25, 0.3) is 10.9 Å². The van der Waals surface area contributed by atoms with Crippen LogP contribution in [-0.2, 0) is 6.18 Å². The first kappa shape index (κ1) is 14.5. The predicted molar refractivity (Wildman–Crippen MR) is 82.4 cm³/mol. The Balaban J connectivity index is 1.85. The number of nitrogens with one attached hydrogen (secondary N) is 1. The van der Waals surface area contributed by atoms with Gasteiger partial charge in [-0.15, -0.1) is 0 Å². The molecule has 6 rings (SSSR count). The molecule has 3 heterocycles. The maximum atomic E-state index is 13.4.